The van der Waals surface area contributed by atoms with Gasteiger partial charge < -0.3 is 48.3 Å². The smallest absolute Gasteiger partial charge is 0.315 e. The minimum absolute atomic E-state index is 0.0331. The summed E-state index contributed by atoms with van der Waals surface area (Å²) in [5, 5.41) is 30.9. The Kier molecular flexibility index (Phi) is 23.5. The number of nitrogens with one attached hydrogen (secondary N) is 9. The van der Waals surface area contributed by atoms with Crippen LogP contribution in [0.25, 0.3) is 0 Å². The van der Waals surface area contributed by atoms with Crippen LogP contribution in [0.2, 0.25) is 0 Å². The molecular weight excluding hydrogens is 813 g/mol. The summed E-state index contributed by atoms with van der Waals surface area (Å²) in [7, 11) is 0. The number of amides is 10. The zero-order valence-electron chi connectivity index (χ0n) is 36.5. The van der Waals surface area contributed by atoms with Crippen molar-refractivity contribution < 1.29 is 48.4 Å². The third-order valence-corrected chi connectivity index (χ3v) is 12.2. The van der Waals surface area contributed by atoms with Crippen molar-refractivity contribution in [1.82, 2.24) is 48.0 Å². The number of unbranched alkanes of at least 4 members (excludes halogenated alkanes) is 2. The van der Waals surface area contributed by atoms with Gasteiger partial charge in [-0.15, -0.1) is 0 Å². The Morgan fingerprint density at radius 2 is 1.44 bits per heavy atom. The van der Waals surface area contributed by atoms with Gasteiger partial charge >= 0.3 is 6.03 Å². The first-order valence-corrected chi connectivity index (χ1v) is 22.5. The van der Waals surface area contributed by atoms with Crippen molar-refractivity contribution in [3.05, 3.63) is 0 Å². The van der Waals surface area contributed by atoms with Gasteiger partial charge in [-0.05, 0) is 62.7 Å². The molecule has 0 radical (unpaired) electrons. The molecule has 61 heavy (non-hydrogen) atoms. The highest BCUT2D eigenvalue weighted by atomic mass is 32.2. The first kappa shape index (κ1) is 52.5. The maximum absolute atomic E-state index is 13.6. The monoisotopic (exact) mass is 882 g/mol. The largest absolute Gasteiger partial charge is 0.368 e. The quantitative estimate of drug-likeness (QED) is 0.0203. The molecule has 20 nitrogen and oxygen atoms in total. The van der Waals surface area contributed by atoms with E-state index in [2.05, 4.69) is 42.5 Å². The highest BCUT2D eigenvalue weighted by Crippen LogP contribution is 2.33. The fourth-order valence-electron chi connectivity index (χ4n) is 7.18. The minimum atomic E-state index is -1.08. The summed E-state index contributed by atoms with van der Waals surface area (Å²) in [5.74, 6) is -5.05. The molecule has 21 heteroatoms. The Bertz CT molecular complexity index is 1520. The molecule has 2 fully saturated rings. The van der Waals surface area contributed by atoms with Gasteiger partial charge in [0.15, 0.2) is 0 Å². The second kappa shape index (κ2) is 27.3. The van der Waals surface area contributed by atoms with E-state index in [0.29, 0.717) is 43.9 Å². The topological polar surface area (TPSA) is 308 Å². The van der Waals surface area contributed by atoms with Crippen LogP contribution in [0.3, 0.4) is 0 Å². The summed E-state index contributed by atoms with van der Waals surface area (Å²) < 4.78 is 0. The van der Waals surface area contributed by atoms with E-state index in [1.807, 2.05) is 46.4 Å². The Balaban J connectivity index is 1.76. The van der Waals surface area contributed by atoms with Crippen molar-refractivity contribution in [1.29, 1.82) is 0 Å². The van der Waals surface area contributed by atoms with Crippen LogP contribution in [0.5, 0.6) is 0 Å². The van der Waals surface area contributed by atoms with Crippen LogP contribution in [-0.2, 0) is 38.4 Å². The highest BCUT2D eigenvalue weighted by Gasteiger charge is 2.42. The molecule has 0 saturated carbocycles. The van der Waals surface area contributed by atoms with Gasteiger partial charge in [0.2, 0.25) is 47.3 Å². The summed E-state index contributed by atoms with van der Waals surface area (Å²) in [6, 6.07) is -2.92. The average Bonchev–Trinajstić information content (AvgIpc) is 3.76. The van der Waals surface area contributed by atoms with Gasteiger partial charge in [0, 0.05) is 36.3 Å². The molecule has 2 heterocycles. The van der Waals surface area contributed by atoms with Crippen LogP contribution in [-0.4, -0.2) is 119 Å². The highest BCUT2D eigenvalue weighted by molar-refractivity contribution is 8.00. The number of carbonyl (C=O) groups is 9. The molecule has 0 spiro atoms. The normalized spacial score (nSPS) is 19.2. The van der Waals surface area contributed by atoms with Crippen molar-refractivity contribution in [3.8, 4) is 0 Å². The molecule has 0 aliphatic carbocycles. The Morgan fingerprint density at radius 1 is 0.754 bits per heavy atom. The summed E-state index contributed by atoms with van der Waals surface area (Å²) in [6.07, 6.45) is 4.93. The number of hydroxylamine groups is 1. The number of thioether (sulfide) groups is 1. The molecule has 2 rings (SSSR count). The van der Waals surface area contributed by atoms with E-state index in [-0.39, 0.29) is 61.0 Å². The van der Waals surface area contributed by atoms with E-state index >= 15 is 0 Å². The first-order valence-electron chi connectivity index (χ1n) is 21.5. The van der Waals surface area contributed by atoms with Gasteiger partial charge in [-0.1, -0.05) is 54.4 Å². The maximum atomic E-state index is 13.6. The minimum Gasteiger partial charge on any atom is -0.368 e. The average molecular weight is 883 g/mol. The number of hydrogen-bond acceptors (Lipinski definition) is 11. The van der Waals surface area contributed by atoms with Crippen molar-refractivity contribution in [3.63, 3.8) is 0 Å². The molecule has 2 saturated heterocycles. The van der Waals surface area contributed by atoms with Crippen LogP contribution in [0, 0.1) is 23.7 Å². The summed E-state index contributed by atoms with van der Waals surface area (Å²) in [4.78, 5) is 113. The van der Waals surface area contributed by atoms with Gasteiger partial charge in [0.1, 0.15) is 18.1 Å². The molecule has 0 bridgehead atoms. The molecule has 0 aromatic heterocycles. The maximum Gasteiger partial charge on any atom is 0.315 e. The van der Waals surface area contributed by atoms with Crippen molar-refractivity contribution in [2.24, 2.45) is 29.4 Å². The number of carbonyl (C=O) groups excluding carboxylic acids is 9. The predicted molar refractivity (Wildman–Crippen MR) is 228 cm³/mol. The van der Waals surface area contributed by atoms with E-state index in [0.717, 1.165) is 25.0 Å². The summed E-state index contributed by atoms with van der Waals surface area (Å²) >= 11 is 1.84. The third-order valence-electron chi connectivity index (χ3n) is 10.7. The van der Waals surface area contributed by atoms with Crippen LogP contribution >= 0.6 is 11.8 Å². The molecule has 10 amide bonds. The van der Waals surface area contributed by atoms with Gasteiger partial charge in [-0.25, -0.2) is 10.3 Å². The third kappa shape index (κ3) is 19.7. The van der Waals surface area contributed by atoms with Gasteiger partial charge in [-0.2, -0.15) is 11.8 Å². The van der Waals surface area contributed by atoms with E-state index in [9.17, 15) is 43.2 Å². The lowest BCUT2D eigenvalue weighted by Gasteiger charge is -2.28. The second-order valence-corrected chi connectivity index (χ2v) is 18.1. The van der Waals surface area contributed by atoms with Gasteiger partial charge in [0.25, 0.3) is 0 Å². The lowest BCUT2D eigenvalue weighted by atomic mass is 9.92. The molecule has 0 aromatic carbocycles. The predicted octanol–water partition coefficient (Wildman–Crippen LogP) is -0.179. The fourth-order valence-corrected chi connectivity index (χ4v) is 8.73. The van der Waals surface area contributed by atoms with E-state index in [4.69, 9.17) is 10.9 Å². The fraction of sp³-hybridized carbons (Fsp3) is 0.775. The standard InChI is InChI=1S/C40H70N10O10S/c1-7-24(6)34(48-38(57)27(17-23(4)5)46-37(56)25(16-22(2)3)18-31(52)50-60)39(58)44-19-32(53)43-20-33(54)45-26(36(41)55)12-10-11-15-42-30(51)14-9-8-13-29-35-28(21-61-29)47-40(59)49-35/h22-29,34-35,60H,7-21H2,1-6H3,(H2,41,55)(H,42,51)(H,43,53)(H,44,58)(H,45,54)(H,46,56)(H,48,57)(H,50,52)(H2,47,49,59)/t24-,25?,26-,27-,28-,29-,34-,35-/m0/s1. The molecule has 346 valence electrons. The van der Waals surface area contributed by atoms with Crippen molar-refractivity contribution >= 4 is 65.1 Å². The number of fused-ring (bicyclic) bond motifs is 1. The number of nitrogens with two attached hydrogens (primary N) is 1. The molecule has 0 aromatic rings. The SMILES string of the molecule is CC[C@H](C)[C@H](NC(=O)[C@H](CC(C)C)NC(=O)C(CC(=O)NO)CC(C)C)C(=O)NCC(=O)NCC(=O)N[C@@H](CCCCNC(=O)CCCC[C@@H]1SC[C@@H]2NC(=O)N[C@@H]21)C(N)=O. The zero-order valence-corrected chi connectivity index (χ0v) is 37.3. The molecule has 8 atom stereocenters. The van der Waals surface area contributed by atoms with E-state index < -0.39 is 78.5 Å². The Labute approximate surface area is 363 Å². The summed E-state index contributed by atoms with van der Waals surface area (Å²) in [6.45, 7) is 10.4. The van der Waals surface area contributed by atoms with Gasteiger partial charge in [-0.3, -0.25) is 43.6 Å². The van der Waals surface area contributed by atoms with Crippen LogP contribution in [0.1, 0.15) is 112 Å². The first-order chi connectivity index (χ1) is 28.8. The Morgan fingerprint density at radius 3 is 2.08 bits per heavy atom. The number of hydrogen-bond donors (Lipinski definition) is 11. The second-order valence-electron chi connectivity index (χ2n) is 16.9. The molecule has 12 N–H and O–H groups in total. The molecule has 2 aliphatic rings. The van der Waals surface area contributed by atoms with E-state index in [1.165, 1.54) is 5.48 Å². The zero-order chi connectivity index (χ0) is 45.6. The van der Waals surface area contributed by atoms with Crippen LogP contribution in [0.15, 0.2) is 0 Å². The molecular formula is C40H70N10O10S. The Hall–Kier alpha value is -4.66. The molecule has 2 aliphatic heterocycles. The number of rotatable bonds is 29. The lowest BCUT2D eigenvalue weighted by molar-refractivity contribution is -0.137. The van der Waals surface area contributed by atoms with E-state index in [1.54, 1.807) is 6.92 Å². The van der Waals surface area contributed by atoms with Crippen molar-refractivity contribution in [2.75, 3.05) is 25.4 Å². The van der Waals surface area contributed by atoms with Gasteiger partial charge in [0.05, 0.1) is 25.2 Å². The lowest BCUT2D eigenvalue weighted by Crippen LogP contribution is -2.57. The molecule has 1 unspecified atom stereocenters. The van der Waals surface area contributed by atoms with Crippen LogP contribution in [0.4, 0.5) is 4.79 Å². The number of urea groups is 1. The van der Waals surface area contributed by atoms with Crippen LogP contribution < -0.4 is 53.7 Å². The number of primary amides is 1. The van der Waals surface area contributed by atoms with Crippen molar-refractivity contribution in [2.45, 2.75) is 148 Å². The summed E-state index contributed by atoms with van der Waals surface area (Å²) in [5.41, 5.74) is 7.03.